The van der Waals surface area contributed by atoms with E-state index in [-0.39, 0.29) is 17.8 Å². The predicted octanol–water partition coefficient (Wildman–Crippen LogP) is 0.838. The maximum atomic E-state index is 11.6. The normalized spacial score (nSPS) is 10.1. The van der Waals surface area contributed by atoms with E-state index in [0.29, 0.717) is 12.2 Å². The third-order valence-electron chi connectivity index (χ3n) is 2.56. The van der Waals surface area contributed by atoms with Crippen molar-refractivity contribution in [2.45, 2.75) is 6.42 Å². The molecule has 0 bridgehead atoms. The van der Waals surface area contributed by atoms with E-state index < -0.39 is 17.7 Å². The number of benzene rings is 1. The summed E-state index contributed by atoms with van der Waals surface area (Å²) in [6.07, 6.45) is 1.57. The number of hydrogen-bond acceptors (Lipinski definition) is 6. The van der Waals surface area contributed by atoms with E-state index in [0.717, 1.165) is 0 Å². The van der Waals surface area contributed by atoms with E-state index in [9.17, 15) is 14.7 Å². The molecule has 4 N–H and O–H groups in total. The van der Waals surface area contributed by atoms with Gasteiger partial charge in [0.05, 0.1) is 5.69 Å². The number of aromatic hydroxyl groups is 1. The first-order valence-corrected chi connectivity index (χ1v) is 5.93. The van der Waals surface area contributed by atoms with Crippen LogP contribution in [0, 0.1) is 0 Å². The Morgan fingerprint density at radius 1 is 1.33 bits per heavy atom. The Morgan fingerprint density at radius 2 is 2.14 bits per heavy atom. The van der Waals surface area contributed by atoms with E-state index in [1.807, 2.05) is 0 Å². The number of nitrogens with one attached hydrogen (secondary N) is 2. The van der Waals surface area contributed by atoms with Crippen LogP contribution >= 0.6 is 0 Å². The van der Waals surface area contributed by atoms with Crippen molar-refractivity contribution in [1.82, 2.24) is 15.5 Å². The first kappa shape index (κ1) is 14.3. The number of urea groups is 1. The predicted molar refractivity (Wildman–Crippen MR) is 70.1 cm³/mol. The van der Waals surface area contributed by atoms with Crippen molar-refractivity contribution >= 4 is 17.7 Å². The number of carbonyl (C=O) groups is 2. The number of carboxylic acids is 1. The molecular weight excluding hydrogens is 280 g/mol. The first-order valence-electron chi connectivity index (χ1n) is 5.93. The number of anilines is 1. The minimum Gasteiger partial charge on any atom is -0.505 e. The summed E-state index contributed by atoms with van der Waals surface area (Å²) in [7, 11) is 0. The summed E-state index contributed by atoms with van der Waals surface area (Å²) in [5, 5.41) is 27.0. The van der Waals surface area contributed by atoms with Gasteiger partial charge in [0.1, 0.15) is 5.56 Å². The molecular formula is C12H12N4O5. The zero-order valence-electron chi connectivity index (χ0n) is 10.7. The van der Waals surface area contributed by atoms with Crippen LogP contribution in [0.3, 0.4) is 0 Å². The number of carbonyl (C=O) groups excluding carboxylic acids is 1. The van der Waals surface area contributed by atoms with Crippen LogP contribution in [-0.2, 0) is 6.42 Å². The molecule has 9 heteroatoms. The average Bonchev–Trinajstić information content (AvgIpc) is 2.94. The summed E-state index contributed by atoms with van der Waals surface area (Å²) in [5.41, 5.74) is -0.286. The van der Waals surface area contributed by atoms with E-state index in [1.54, 1.807) is 0 Å². The van der Waals surface area contributed by atoms with Crippen LogP contribution in [0.2, 0.25) is 0 Å². The summed E-state index contributed by atoms with van der Waals surface area (Å²) in [6, 6.07) is 3.45. The van der Waals surface area contributed by atoms with Gasteiger partial charge in [-0.25, -0.2) is 9.59 Å². The third-order valence-corrected chi connectivity index (χ3v) is 2.56. The lowest BCUT2D eigenvalue weighted by Gasteiger charge is -2.09. The molecule has 21 heavy (non-hydrogen) atoms. The largest absolute Gasteiger partial charge is 0.505 e. The number of para-hydroxylation sites is 1. The van der Waals surface area contributed by atoms with Crippen LogP contribution < -0.4 is 10.6 Å². The lowest BCUT2D eigenvalue weighted by molar-refractivity contribution is 0.0693. The molecule has 2 amide bonds. The SMILES string of the molecule is O=C(NCCc1ncon1)Nc1cccc(C(=O)O)c1O. The van der Waals surface area contributed by atoms with Gasteiger partial charge in [-0.05, 0) is 12.1 Å². The van der Waals surface area contributed by atoms with E-state index in [2.05, 4.69) is 25.3 Å². The molecule has 0 atom stereocenters. The highest BCUT2D eigenvalue weighted by atomic mass is 16.5. The van der Waals surface area contributed by atoms with Gasteiger partial charge in [-0.1, -0.05) is 11.2 Å². The monoisotopic (exact) mass is 292 g/mol. The van der Waals surface area contributed by atoms with E-state index >= 15 is 0 Å². The minimum atomic E-state index is -1.28. The van der Waals surface area contributed by atoms with Crippen LogP contribution in [-0.4, -0.2) is 38.9 Å². The molecule has 2 aromatic rings. The van der Waals surface area contributed by atoms with Gasteiger partial charge in [0.2, 0.25) is 6.39 Å². The van der Waals surface area contributed by atoms with Crippen molar-refractivity contribution in [3.05, 3.63) is 36.0 Å². The standard InChI is InChI=1S/C12H12N4O5/c17-10-7(11(18)19)2-1-3-8(10)15-12(20)13-5-4-9-14-6-21-16-9/h1-3,6,17H,4-5H2,(H,18,19)(H2,13,15,20). The van der Waals surface area contributed by atoms with Crippen LogP contribution in [0.4, 0.5) is 10.5 Å². The zero-order chi connectivity index (χ0) is 15.2. The highest BCUT2D eigenvalue weighted by molar-refractivity contribution is 5.97. The Bertz CT molecular complexity index is 641. The first-order chi connectivity index (χ1) is 10.1. The number of carboxylic acid groups (broad SMARTS) is 1. The fraction of sp³-hybridized carbons (Fsp3) is 0.167. The highest BCUT2D eigenvalue weighted by Crippen LogP contribution is 2.27. The Balaban J connectivity index is 1.90. The molecule has 0 radical (unpaired) electrons. The molecule has 0 aliphatic carbocycles. The number of aromatic nitrogens is 2. The molecule has 9 nitrogen and oxygen atoms in total. The topological polar surface area (TPSA) is 138 Å². The molecule has 0 aliphatic rings. The molecule has 0 fully saturated rings. The van der Waals surface area contributed by atoms with E-state index in [1.165, 1.54) is 24.6 Å². The number of hydrogen-bond donors (Lipinski definition) is 4. The third kappa shape index (κ3) is 3.69. The summed E-state index contributed by atoms with van der Waals surface area (Å²) in [6.45, 7) is 0.255. The molecule has 0 aliphatic heterocycles. The maximum absolute atomic E-state index is 11.6. The van der Waals surface area contributed by atoms with Crippen LogP contribution in [0.25, 0.3) is 0 Å². The lowest BCUT2D eigenvalue weighted by Crippen LogP contribution is -2.30. The number of aromatic carboxylic acids is 1. The van der Waals surface area contributed by atoms with Gasteiger partial charge in [0, 0.05) is 13.0 Å². The molecule has 1 aromatic carbocycles. The molecule has 2 rings (SSSR count). The molecule has 0 saturated heterocycles. The summed E-state index contributed by atoms with van der Waals surface area (Å²) in [5.74, 6) is -1.34. The molecule has 1 aromatic heterocycles. The Morgan fingerprint density at radius 3 is 2.81 bits per heavy atom. The smallest absolute Gasteiger partial charge is 0.339 e. The summed E-state index contributed by atoms with van der Waals surface area (Å²) >= 11 is 0. The van der Waals surface area contributed by atoms with Crippen molar-refractivity contribution in [1.29, 1.82) is 0 Å². The Kier molecular flexibility index (Phi) is 4.34. The average molecular weight is 292 g/mol. The summed E-state index contributed by atoms with van der Waals surface area (Å²) < 4.78 is 4.54. The van der Waals surface area contributed by atoms with Gasteiger partial charge in [-0.15, -0.1) is 0 Å². The number of rotatable bonds is 5. The highest BCUT2D eigenvalue weighted by Gasteiger charge is 2.14. The van der Waals surface area contributed by atoms with Crippen LogP contribution in [0.5, 0.6) is 5.75 Å². The second-order valence-corrected chi connectivity index (χ2v) is 3.99. The second-order valence-electron chi connectivity index (χ2n) is 3.99. The molecule has 110 valence electrons. The number of nitrogens with zero attached hydrogens (tertiary/aromatic N) is 2. The maximum Gasteiger partial charge on any atom is 0.339 e. The molecule has 1 heterocycles. The Labute approximate surface area is 118 Å². The summed E-state index contributed by atoms with van der Waals surface area (Å²) in [4.78, 5) is 26.3. The fourth-order valence-electron chi connectivity index (χ4n) is 1.57. The van der Waals surface area contributed by atoms with Crippen molar-refractivity contribution in [2.75, 3.05) is 11.9 Å². The van der Waals surface area contributed by atoms with Crippen LogP contribution in [0.15, 0.2) is 29.1 Å². The molecule has 0 spiro atoms. The van der Waals surface area contributed by atoms with Gasteiger partial charge >= 0.3 is 12.0 Å². The van der Waals surface area contributed by atoms with Gasteiger partial charge in [0.25, 0.3) is 0 Å². The molecule has 0 saturated carbocycles. The van der Waals surface area contributed by atoms with E-state index in [4.69, 9.17) is 5.11 Å². The van der Waals surface area contributed by atoms with Gasteiger partial charge < -0.3 is 25.4 Å². The van der Waals surface area contributed by atoms with Crippen molar-refractivity contribution in [3.63, 3.8) is 0 Å². The van der Waals surface area contributed by atoms with Crippen molar-refractivity contribution in [3.8, 4) is 5.75 Å². The minimum absolute atomic E-state index is 0.00645. The van der Waals surface area contributed by atoms with Gasteiger partial charge in [-0.2, -0.15) is 4.98 Å². The van der Waals surface area contributed by atoms with Crippen molar-refractivity contribution < 1.29 is 24.3 Å². The quantitative estimate of drug-likeness (QED) is 0.599. The van der Waals surface area contributed by atoms with Crippen LogP contribution in [0.1, 0.15) is 16.2 Å². The van der Waals surface area contributed by atoms with Gasteiger partial charge in [-0.3, -0.25) is 0 Å². The zero-order valence-corrected chi connectivity index (χ0v) is 10.7. The fourth-order valence-corrected chi connectivity index (χ4v) is 1.57. The number of amides is 2. The lowest BCUT2D eigenvalue weighted by atomic mass is 10.2. The number of phenols is 1. The second kappa shape index (κ2) is 6.37. The molecule has 0 unspecified atom stereocenters. The van der Waals surface area contributed by atoms with Gasteiger partial charge in [0.15, 0.2) is 11.6 Å². The van der Waals surface area contributed by atoms with Crippen molar-refractivity contribution in [2.24, 2.45) is 0 Å². The Hall–Kier alpha value is -3.10.